The summed E-state index contributed by atoms with van der Waals surface area (Å²) in [4.78, 5) is 4.27. The molecule has 17 heavy (non-hydrogen) atoms. The second-order valence-electron chi connectivity index (χ2n) is 3.49. The summed E-state index contributed by atoms with van der Waals surface area (Å²) in [7, 11) is 0. The number of hydrogen-bond acceptors (Lipinski definition) is 2. The van der Waals surface area contributed by atoms with Gasteiger partial charge in [-0.3, -0.25) is 0 Å². The molecule has 88 valence electrons. The van der Waals surface area contributed by atoms with Crippen LogP contribution >= 0.6 is 27.5 Å². The zero-order chi connectivity index (χ0) is 12.4. The first kappa shape index (κ1) is 12.3. The fraction of sp³-hybridized carbons (Fsp3) is 0.0833. The van der Waals surface area contributed by atoms with Crippen LogP contribution in [0.25, 0.3) is 0 Å². The summed E-state index contributed by atoms with van der Waals surface area (Å²) in [5.41, 5.74) is 1.14. The summed E-state index contributed by atoms with van der Waals surface area (Å²) in [6.45, 7) is 1.86. The second-order valence-corrected chi connectivity index (χ2v) is 4.75. The number of rotatable bonds is 2. The topological polar surface area (TPSA) is 24.9 Å². The lowest BCUT2D eigenvalue weighted by atomic mass is 10.3. The van der Waals surface area contributed by atoms with Gasteiger partial charge in [0.25, 0.3) is 0 Å². The molecule has 0 amide bonds. The average molecular weight is 316 g/mol. The normalized spacial score (nSPS) is 10.4. The van der Waals surface area contributed by atoms with Gasteiger partial charge in [0.05, 0.1) is 16.4 Å². The molecule has 0 aliphatic carbocycles. The number of nitrogens with one attached hydrogen (secondary N) is 1. The third-order valence-corrected chi connectivity index (χ3v) is 3.37. The molecule has 0 unspecified atom stereocenters. The quantitative estimate of drug-likeness (QED) is 0.869. The molecule has 0 bridgehead atoms. The number of hydrogen-bond donors (Lipinski definition) is 1. The fourth-order valence-electron chi connectivity index (χ4n) is 1.35. The van der Waals surface area contributed by atoms with Crippen LogP contribution in [0, 0.1) is 12.7 Å². The first-order valence-corrected chi connectivity index (χ1v) is 6.09. The molecule has 5 heteroatoms. The lowest BCUT2D eigenvalue weighted by Crippen LogP contribution is -1.97. The molecule has 1 N–H and O–H groups in total. The van der Waals surface area contributed by atoms with Gasteiger partial charge < -0.3 is 5.32 Å². The number of halogens is 3. The van der Waals surface area contributed by atoms with E-state index < -0.39 is 5.82 Å². The molecule has 0 aliphatic heterocycles. The molecule has 0 saturated carbocycles. The van der Waals surface area contributed by atoms with Crippen LogP contribution < -0.4 is 5.32 Å². The van der Waals surface area contributed by atoms with Crippen molar-refractivity contribution < 1.29 is 4.39 Å². The maximum Gasteiger partial charge on any atom is 0.165 e. The van der Waals surface area contributed by atoms with E-state index in [1.165, 1.54) is 6.07 Å². The summed E-state index contributed by atoms with van der Waals surface area (Å²) >= 11 is 9.05. The molecular weight excluding hydrogens is 307 g/mol. The lowest BCUT2D eigenvalue weighted by molar-refractivity contribution is 0.632. The minimum atomic E-state index is -0.475. The van der Waals surface area contributed by atoms with Gasteiger partial charge in [-0.1, -0.05) is 17.7 Å². The molecule has 2 aromatic rings. The van der Waals surface area contributed by atoms with Crippen molar-refractivity contribution in [3.05, 3.63) is 51.3 Å². The highest BCUT2D eigenvalue weighted by molar-refractivity contribution is 9.10. The summed E-state index contributed by atoms with van der Waals surface area (Å²) in [5.74, 6) is 0.100. The first-order chi connectivity index (χ1) is 8.08. The Morgan fingerprint density at radius 1 is 1.29 bits per heavy atom. The SMILES string of the molecule is Cc1nc(Nc2cccc(Cl)c2F)ccc1Br. The molecular formula is C12H9BrClFN2. The molecule has 1 aromatic heterocycles. The third kappa shape index (κ3) is 2.76. The van der Waals surface area contributed by atoms with Crippen molar-refractivity contribution in [2.75, 3.05) is 5.32 Å². The van der Waals surface area contributed by atoms with Crippen LogP contribution in [0.2, 0.25) is 5.02 Å². The minimum absolute atomic E-state index is 0.0869. The molecule has 2 rings (SSSR count). The number of pyridine rings is 1. The third-order valence-electron chi connectivity index (χ3n) is 2.24. The van der Waals surface area contributed by atoms with E-state index in [0.29, 0.717) is 11.5 Å². The monoisotopic (exact) mass is 314 g/mol. The van der Waals surface area contributed by atoms with E-state index >= 15 is 0 Å². The van der Waals surface area contributed by atoms with Gasteiger partial charge in [-0.25, -0.2) is 9.37 Å². The standard InChI is InChI=1S/C12H9BrClFN2/c1-7-8(13)5-6-11(16-7)17-10-4-2-3-9(14)12(10)15/h2-6H,1H3,(H,16,17). The Kier molecular flexibility index (Phi) is 3.64. The highest BCUT2D eigenvalue weighted by atomic mass is 79.9. The number of aromatic nitrogens is 1. The Morgan fingerprint density at radius 3 is 2.76 bits per heavy atom. The van der Waals surface area contributed by atoms with Gasteiger partial charge in [-0.05, 0) is 47.1 Å². The summed E-state index contributed by atoms with van der Waals surface area (Å²) < 4.78 is 14.5. The van der Waals surface area contributed by atoms with Crippen LogP contribution in [0.1, 0.15) is 5.69 Å². The van der Waals surface area contributed by atoms with Crippen molar-refractivity contribution in [3.63, 3.8) is 0 Å². The van der Waals surface area contributed by atoms with Gasteiger partial charge in [0.2, 0.25) is 0 Å². The Balaban J connectivity index is 2.31. The summed E-state index contributed by atoms with van der Waals surface area (Å²) in [5, 5.41) is 2.98. The van der Waals surface area contributed by atoms with E-state index in [4.69, 9.17) is 11.6 Å². The van der Waals surface area contributed by atoms with E-state index in [1.54, 1.807) is 18.2 Å². The van der Waals surface area contributed by atoms with Crippen LogP contribution in [-0.4, -0.2) is 4.98 Å². The molecule has 1 heterocycles. The molecule has 0 saturated heterocycles. The van der Waals surface area contributed by atoms with Crippen molar-refractivity contribution in [1.29, 1.82) is 0 Å². The van der Waals surface area contributed by atoms with Gasteiger partial charge in [0.15, 0.2) is 5.82 Å². The van der Waals surface area contributed by atoms with Crippen molar-refractivity contribution in [3.8, 4) is 0 Å². The smallest absolute Gasteiger partial charge is 0.165 e. The van der Waals surface area contributed by atoms with E-state index in [2.05, 4.69) is 26.2 Å². The number of anilines is 2. The molecule has 0 aliphatic rings. The predicted octanol–water partition coefficient (Wildman–Crippen LogP) is 4.69. The first-order valence-electron chi connectivity index (χ1n) is 4.92. The van der Waals surface area contributed by atoms with Crippen LogP contribution in [0.5, 0.6) is 0 Å². The molecule has 2 nitrogen and oxygen atoms in total. The van der Waals surface area contributed by atoms with Gasteiger partial charge in [-0.2, -0.15) is 0 Å². The zero-order valence-electron chi connectivity index (χ0n) is 8.97. The largest absolute Gasteiger partial charge is 0.338 e. The van der Waals surface area contributed by atoms with Crippen LogP contribution in [0.3, 0.4) is 0 Å². The van der Waals surface area contributed by atoms with Gasteiger partial charge in [0, 0.05) is 4.47 Å². The highest BCUT2D eigenvalue weighted by Crippen LogP contribution is 2.25. The van der Waals surface area contributed by atoms with Crippen molar-refractivity contribution in [2.45, 2.75) is 6.92 Å². The fourth-order valence-corrected chi connectivity index (χ4v) is 1.75. The highest BCUT2D eigenvalue weighted by Gasteiger charge is 2.07. The predicted molar refractivity (Wildman–Crippen MR) is 71.4 cm³/mol. The van der Waals surface area contributed by atoms with E-state index in [1.807, 2.05) is 13.0 Å². The Morgan fingerprint density at radius 2 is 2.06 bits per heavy atom. The summed E-state index contributed by atoms with van der Waals surface area (Å²) in [6.07, 6.45) is 0. The molecule has 0 radical (unpaired) electrons. The molecule has 0 fully saturated rings. The maximum atomic E-state index is 13.6. The molecule has 0 spiro atoms. The second kappa shape index (κ2) is 5.02. The minimum Gasteiger partial charge on any atom is -0.338 e. The lowest BCUT2D eigenvalue weighted by Gasteiger charge is -2.08. The molecule has 0 atom stereocenters. The van der Waals surface area contributed by atoms with Gasteiger partial charge in [0.1, 0.15) is 5.82 Å². The average Bonchev–Trinajstić information content (AvgIpc) is 2.30. The zero-order valence-corrected chi connectivity index (χ0v) is 11.3. The van der Waals surface area contributed by atoms with E-state index in [9.17, 15) is 4.39 Å². The maximum absolute atomic E-state index is 13.6. The van der Waals surface area contributed by atoms with Crippen molar-refractivity contribution in [2.24, 2.45) is 0 Å². The van der Waals surface area contributed by atoms with Crippen LogP contribution in [0.4, 0.5) is 15.9 Å². The van der Waals surface area contributed by atoms with Crippen LogP contribution in [0.15, 0.2) is 34.8 Å². The van der Waals surface area contributed by atoms with Crippen molar-refractivity contribution >= 4 is 39.0 Å². The molecule has 1 aromatic carbocycles. The van der Waals surface area contributed by atoms with Crippen molar-refractivity contribution in [1.82, 2.24) is 4.98 Å². The van der Waals surface area contributed by atoms with E-state index in [0.717, 1.165) is 10.2 Å². The number of nitrogens with zero attached hydrogens (tertiary/aromatic N) is 1. The Hall–Kier alpha value is -1.13. The Bertz CT molecular complexity index is 560. The van der Waals surface area contributed by atoms with E-state index in [-0.39, 0.29) is 5.02 Å². The van der Waals surface area contributed by atoms with Crippen LogP contribution in [-0.2, 0) is 0 Å². The Labute approximate surface area is 112 Å². The summed E-state index contributed by atoms with van der Waals surface area (Å²) in [6, 6.07) is 8.41. The van der Waals surface area contributed by atoms with Gasteiger partial charge in [-0.15, -0.1) is 0 Å². The van der Waals surface area contributed by atoms with Gasteiger partial charge >= 0.3 is 0 Å². The number of aryl methyl sites for hydroxylation is 1. The number of benzene rings is 1.